The third kappa shape index (κ3) is 6.19. The van der Waals surface area contributed by atoms with Gasteiger partial charge in [0.05, 0.1) is 0 Å². The van der Waals surface area contributed by atoms with Crippen LogP contribution in [0, 0.1) is 0 Å². The summed E-state index contributed by atoms with van der Waals surface area (Å²) in [5, 5.41) is 22.8. The lowest BCUT2D eigenvalue weighted by Gasteiger charge is -2.13. The van der Waals surface area contributed by atoms with E-state index in [1.807, 2.05) is 0 Å². The normalized spacial score (nSPS) is 16.0. The van der Waals surface area contributed by atoms with Gasteiger partial charge in [-0.25, -0.2) is 4.79 Å². The van der Waals surface area contributed by atoms with Gasteiger partial charge in [-0.2, -0.15) is 0 Å². The maximum Gasteiger partial charge on any atom is 0.326 e. The van der Waals surface area contributed by atoms with E-state index in [0.29, 0.717) is 12.6 Å². The topological polar surface area (TPSA) is 116 Å². The lowest BCUT2D eigenvalue weighted by molar-refractivity contribution is -0.143. The Morgan fingerprint density at radius 2 is 1.83 bits per heavy atom. The standard InChI is InChI=1S/C11H18N2O5/c14-9(5-6-12-7-1-2-7)13-8(11(17)18)3-4-10(15)16/h7-8,12H,1-6H2,(H,13,14)(H,15,16)(H,17,18). The van der Waals surface area contributed by atoms with Crippen LogP contribution in [0.4, 0.5) is 0 Å². The zero-order valence-electron chi connectivity index (χ0n) is 10.0. The Balaban J connectivity index is 2.22. The van der Waals surface area contributed by atoms with Gasteiger partial charge in [-0.15, -0.1) is 0 Å². The first kappa shape index (κ1) is 14.4. The van der Waals surface area contributed by atoms with Crippen LogP contribution in [0.2, 0.25) is 0 Å². The van der Waals surface area contributed by atoms with Crippen molar-refractivity contribution < 1.29 is 24.6 Å². The number of hydrogen-bond acceptors (Lipinski definition) is 4. The molecule has 1 fully saturated rings. The fraction of sp³-hybridized carbons (Fsp3) is 0.727. The van der Waals surface area contributed by atoms with Gasteiger partial charge in [-0.3, -0.25) is 9.59 Å². The predicted molar refractivity (Wildman–Crippen MR) is 62.1 cm³/mol. The molecule has 1 saturated carbocycles. The first-order valence-corrected chi connectivity index (χ1v) is 5.96. The Hall–Kier alpha value is -1.63. The van der Waals surface area contributed by atoms with Crippen LogP contribution in [0.15, 0.2) is 0 Å². The molecule has 0 aliphatic heterocycles. The molecule has 0 aromatic heterocycles. The van der Waals surface area contributed by atoms with Gasteiger partial charge >= 0.3 is 11.9 Å². The highest BCUT2D eigenvalue weighted by Crippen LogP contribution is 2.18. The van der Waals surface area contributed by atoms with Crippen molar-refractivity contribution in [2.45, 2.75) is 44.2 Å². The highest BCUT2D eigenvalue weighted by molar-refractivity contribution is 5.84. The predicted octanol–water partition coefficient (Wildman–Crippen LogP) is -0.437. The molecule has 1 aliphatic rings. The first-order valence-electron chi connectivity index (χ1n) is 5.96. The van der Waals surface area contributed by atoms with Gasteiger partial charge in [0.15, 0.2) is 0 Å². The van der Waals surface area contributed by atoms with Gasteiger partial charge in [-0.1, -0.05) is 0 Å². The van der Waals surface area contributed by atoms with Gasteiger partial charge in [0, 0.05) is 25.4 Å². The third-order valence-corrected chi connectivity index (χ3v) is 2.64. The van der Waals surface area contributed by atoms with Crippen molar-refractivity contribution in [3.63, 3.8) is 0 Å². The molecular formula is C11H18N2O5. The summed E-state index contributed by atoms with van der Waals surface area (Å²) in [4.78, 5) is 32.6. The van der Waals surface area contributed by atoms with Crippen LogP contribution < -0.4 is 10.6 Å². The van der Waals surface area contributed by atoms with Gasteiger partial charge in [0.1, 0.15) is 6.04 Å². The lowest BCUT2D eigenvalue weighted by Crippen LogP contribution is -2.42. The molecule has 18 heavy (non-hydrogen) atoms. The van der Waals surface area contributed by atoms with Crippen molar-refractivity contribution in [2.75, 3.05) is 6.54 Å². The van der Waals surface area contributed by atoms with E-state index < -0.39 is 18.0 Å². The van der Waals surface area contributed by atoms with Crippen molar-refractivity contribution in [3.05, 3.63) is 0 Å². The average molecular weight is 258 g/mol. The smallest absolute Gasteiger partial charge is 0.326 e. The van der Waals surface area contributed by atoms with Gasteiger partial charge < -0.3 is 20.8 Å². The fourth-order valence-corrected chi connectivity index (χ4v) is 1.47. The molecule has 1 rings (SSSR count). The minimum atomic E-state index is -1.21. The molecule has 0 aromatic rings. The summed E-state index contributed by atoms with van der Waals surface area (Å²) in [6, 6.07) is -0.630. The molecule has 1 amide bonds. The number of carboxylic acids is 2. The van der Waals surface area contributed by atoms with Crippen LogP contribution in [0.5, 0.6) is 0 Å². The molecule has 7 nitrogen and oxygen atoms in total. The van der Waals surface area contributed by atoms with Crippen molar-refractivity contribution in [2.24, 2.45) is 0 Å². The van der Waals surface area contributed by atoms with Crippen molar-refractivity contribution >= 4 is 17.8 Å². The number of carboxylic acid groups (broad SMARTS) is 2. The molecule has 4 N–H and O–H groups in total. The Morgan fingerprint density at radius 1 is 1.17 bits per heavy atom. The van der Waals surface area contributed by atoms with E-state index in [4.69, 9.17) is 10.2 Å². The molecule has 0 heterocycles. The lowest BCUT2D eigenvalue weighted by atomic mass is 10.1. The molecule has 0 aromatic carbocycles. The summed E-state index contributed by atoms with van der Waals surface area (Å²) < 4.78 is 0. The van der Waals surface area contributed by atoms with E-state index in [1.54, 1.807) is 0 Å². The second-order valence-corrected chi connectivity index (χ2v) is 4.37. The van der Waals surface area contributed by atoms with E-state index >= 15 is 0 Å². The highest BCUT2D eigenvalue weighted by atomic mass is 16.4. The van der Waals surface area contributed by atoms with Crippen molar-refractivity contribution in [3.8, 4) is 0 Å². The van der Waals surface area contributed by atoms with Gasteiger partial charge in [0.2, 0.25) is 5.91 Å². The Kier molecular flexibility index (Phi) is 5.57. The molecule has 1 unspecified atom stereocenters. The largest absolute Gasteiger partial charge is 0.481 e. The van der Waals surface area contributed by atoms with E-state index in [9.17, 15) is 14.4 Å². The molecule has 0 saturated heterocycles. The van der Waals surface area contributed by atoms with E-state index in [2.05, 4.69) is 10.6 Å². The molecular weight excluding hydrogens is 240 g/mol. The SMILES string of the molecule is O=C(O)CCC(NC(=O)CCNC1CC1)C(=O)O. The van der Waals surface area contributed by atoms with E-state index in [-0.39, 0.29) is 25.2 Å². The van der Waals surface area contributed by atoms with E-state index in [1.165, 1.54) is 0 Å². The van der Waals surface area contributed by atoms with Crippen molar-refractivity contribution in [1.82, 2.24) is 10.6 Å². The second kappa shape index (κ2) is 6.95. The number of carbonyl (C=O) groups excluding carboxylic acids is 1. The number of amides is 1. The summed E-state index contributed by atoms with van der Waals surface area (Å²) in [5.41, 5.74) is 0. The number of aliphatic carboxylic acids is 2. The van der Waals surface area contributed by atoms with Crippen LogP contribution in [0.1, 0.15) is 32.1 Å². The van der Waals surface area contributed by atoms with Crippen LogP contribution >= 0.6 is 0 Å². The Labute approximate surface area is 105 Å². The van der Waals surface area contributed by atoms with Crippen LogP contribution in [0.3, 0.4) is 0 Å². The maximum atomic E-state index is 11.4. The first-order chi connectivity index (χ1) is 8.49. The van der Waals surface area contributed by atoms with Gasteiger partial charge in [-0.05, 0) is 19.3 Å². The minimum absolute atomic E-state index is 0.105. The number of hydrogen-bond donors (Lipinski definition) is 4. The highest BCUT2D eigenvalue weighted by Gasteiger charge is 2.22. The second-order valence-electron chi connectivity index (χ2n) is 4.37. The fourth-order valence-electron chi connectivity index (χ4n) is 1.47. The molecule has 102 valence electrons. The quantitative estimate of drug-likeness (QED) is 0.445. The molecule has 0 bridgehead atoms. The summed E-state index contributed by atoms with van der Waals surface area (Å²) in [6.45, 7) is 0.516. The van der Waals surface area contributed by atoms with Gasteiger partial charge in [0.25, 0.3) is 0 Å². The van der Waals surface area contributed by atoms with Crippen LogP contribution in [-0.2, 0) is 14.4 Å². The van der Waals surface area contributed by atoms with Crippen LogP contribution in [0.25, 0.3) is 0 Å². The van der Waals surface area contributed by atoms with E-state index in [0.717, 1.165) is 12.8 Å². The zero-order chi connectivity index (χ0) is 13.5. The monoisotopic (exact) mass is 258 g/mol. The summed E-state index contributed by atoms with van der Waals surface area (Å²) in [7, 11) is 0. The number of nitrogens with one attached hydrogen (secondary N) is 2. The Morgan fingerprint density at radius 3 is 2.33 bits per heavy atom. The number of carbonyl (C=O) groups is 3. The minimum Gasteiger partial charge on any atom is -0.481 e. The summed E-state index contributed by atoms with van der Waals surface area (Å²) in [5.74, 6) is -2.66. The van der Waals surface area contributed by atoms with Crippen molar-refractivity contribution in [1.29, 1.82) is 0 Å². The molecule has 7 heteroatoms. The molecule has 1 atom stereocenters. The Bertz CT molecular complexity index is 327. The summed E-state index contributed by atoms with van der Waals surface area (Å²) >= 11 is 0. The number of rotatable bonds is 9. The average Bonchev–Trinajstić information content (AvgIpc) is 3.07. The molecule has 0 radical (unpaired) electrons. The zero-order valence-corrected chi connectivity index (χ0v) is 10.0. The summed E-state index contributed by atoms with van der Waals surface area (Å²) in [6.07, 6.45) is 2.06. The molecule has 1 aliphatic carbocycles. The van der Waals surface area contributed by atoms with Crippen LogP contribution in [-0.4, -0.2) is 46.7 Å². The third-order valence-electron chi connectivity index (χ3n) is 2.64. The maximum absolute atomic E-state index is 11.4. The molecule has 0 spiro atoms.